The van der Waals surface area contributed by atoms with Gasteiger partial charge in [0.2, 0.25) is 0 Å². The molecule has 1 fully saturated rings. The van der Waals surface area contributed by atoms with Crippen molar-refractivity contribution in [1.82, 2.24) is 0 Å². The van der Waals surface area contributed by atoms with Crippen LogP contribution in [0, 0.1) is 12.7 Å². The van der Waals surface area contributed by atoms with Gasteiger partial charge in [0.1, 0.15) is 5.82 Å². The Balaban J connectivity index is 2.35. The summed E-state index contributed by atoms with van der Waals surface area (Å²) in [6, 6.07) is 3.80. The zero-order valence-electron chi connectivity index (χ0n) is 8.94. The Labute approximate surface area is 85.1 Å². The number of aryl methyl sites for hydroxylation is 2. The van der Waals surface area contributed by atoms with E-state index in [1.807, 2.05) is 6.92 Å². The van der Waals surface area contributed by atoms with Crippen LogP contribution in [0.15, 0.2) is 12.1 Å². The fourth-order valence-corrected chi connectivity index (χ4v) is 1.98. The van der Waals surface area contributed by atoms with Crippen molar-refractivity contribution >= 4 is 0 Å². The first-order valence-electron chi connectivity index (χ1n) is 5.51. The molecule has 1 saturated carbocycles. The molecule has 0 N–H and O–H groups in total. The van der Waals surface area contributed by atoms with Crippen molar-refractivity contribution in [1.29, 1.82) is 0 Å². The molecule has 1 aliphatic carbocycles. The lowest BCUT2D eigenvalue weighted by atomic mass is 9.98. The Kier molecular flexibility index (Phi) is 2.58. The van der Waals surface area contributed by atoms with E-state index in [4.69, 9.17) is 0 Å². The predicted molar refractivity (Wildman–Crippen MR) is 57.1 cm³/mol. The van der Waals surface area contributed by atoms with E-state index < -0.39 is 0 Å². The van der Waals surface area contributed by atoms with Crippen LogP contribution in [0.4, 0.5) is 4.39 Å². The molecule has 0 spiro atoms. The molecule has 1 heteroatoms. The molecule has 14 heavy (non-hydrogen) atoms. The minimum absolute atomic E-state index is 0.00449. The van der Waals surface area contributed by atoms with Crippen LogP contribution in [0.25, 0.3) is 0 Å². The van der Waals surface area contributed by atoms with Crippen molar-refractivity contribution in [3.8, 4) is 0 Å². The fourth-order valence-electron chi connectivity index (χ4n) is 1.98. The number of halogens is 1. The van der Waals surface area contributed by atoms with Crippen molar-refractivity contribution in [2.75, 3.05) is 0 Å². The van der Waals surface area contributed by atoms with E-state index in [0.29, 0.717) is 5.92 Å². The van der Waals surface area contributed by atoms with Crippen LogP contribution in [0.5, 0.6) is 0 Å². The van der Waals surface area contributed by atoms with Gasteiger partial charge in [-0.15, -0.1) is 0 Å². The molecule has 0 saturated heterocycles. The maximum atomic E-state index is 13.6. The van der Waals surface area contributed by atoms with Crippen LogP contribution in [-0.2, 0) is 6.42 Å². The fraction of sp³-hybridized carbons (Fsp3) is 0.538. The number of rotatable bonds is 3. The summed E-state index contributed by atoms with van der Waals surface area (Å²) in [6.07, 6.45) is 4.56. The molecule has 0 atom stereocenters. The normalized spacial score (nSPS) is 15.9. The van der Waals surface area contributed by atoms with Crippen LogP contribution < -0.4 is 0 Å². The van der Waals surface area contributed by atoms with Crippen molar-refractivity contribution in [3.05, 3.63) is 34.6 Å². The summed E-state index contributed by atoms with van der Waals surface area (Å²) in [5.41, 5.74) is 3.39. The average Bonchev–Trinajstić information content (AvgIpc) is 2.93. The third kappa shape index (κ3) is 1.82. The van der Waals surface area contributed by atoms with Gasteiger partial charge in [-0.3, -0.25) is 0 Å². The SMILES string of the molecule is CCCc1cc(C2CC2)c(F)cc1C. The van der Waals surface area contributed by atoms with E-state index >= 15 is 0 Å². The largest absolute Gasteiger partial charge is 0.207 e. The Hall–Kier alpha value is -0.850. The van der Waals surface area contributed by atoms with Gasteiger partial charge >= 0.3 is 0 Å². The summed E-state index contributed by atoms with van der Waals surface area (Å²) in [5.74, 6) is 0.524. The smallest absolute Gasteiger partial charge is 0.126 e. The van der Waals surface area contributed by atoms with Gasteiger partial charge in [-0.05, 0) is 54.9 Å². The molecule has 1 aliphatic rings. The van der Waals surface area contributed by atoms with Gasteiger partial charge < -0.3 is 0 Å². The average molecular weight is 192 g/mol. The molecule has 0 bridgehead atoms. The van der Waals surface area contributed by atoms with Gasteiger partial charge in [0, 0.05) is 0 Å². The molecule has 0 aromatic heterocycles. The van der Waals surface area contributed by atoms with Crippen LogP contribution in [0.2, 0.25) is 0 Å². The number of benzene rings is 1. The van der Waals surface area contributed by atoms with Gasteiger partial charge in [0.25, 0.3) is 0 Å². The zero-order valence-corrected chi connectivity index (χ0v) is 8.94. The summed E-state index contributed by atoms with van der Waals surface area (Å²) in [5, 5.41) is 0. The topological polar surface area (TPSA) is 0 Å². The Bertz CT molecular complexity index is 337. The minimum atomic E-state index is 0.00449. The van der Waals surface area contributed by atoms with E-state index in [1.54, 1.807) is 6.07 Å². The van der Waals surface area contributed by atoms with E-state index in [2.05, 4.69) is 13.0 Å². The van der Waals surface area contributed by atoms with Crippen LogP contribution >= 0.6 is 0 Å². The second-order valence-corrected chi connectivity index (χ2v) is 4.32. The lowest BCUT2D eigenvalue weighted by Gasteiger charge is -2.08. The lowest BCUT2D eigenvalue weighted by molar-refractivity contribution is 0.608. The van der Waals surface area contributed by atoms with Gasteiger partial charge in [0.15, 0.2) is 0 Å². The molecular formula is C13H17F. The third-order valence-corrected chi connectivity index (χ3v) is 2.99. The van der Waals surface area contributed by atoms with Crippen LogP contribution in [0.3, 0.4) is 0 Å². The second kappa shape index (κ2) is 3.72. The summed E-state index contributed by atoms with van der Waals surface area (Å²) in [6.45, 7) is 4.17. The van der Waals surface area contributed by atoms with Gasteiger partial charge in [-0.1, -0.05) is 19.4 Å². The van der Waals surface area contributed by atoms with Gasteiger partial charge in [-0.25, -0.2) is 4.39 Å². The highest BCUT2D eigenvalue weighted by molar-refractivity contribution is 5.36. The zero-order chi connectivity index (χ0) is 10.1. The van der Waals surface area contributed by atoms with Gasteiger partial charge in [-0.2, -0.15) is 0 Å². The summed E-state index contributed by atoms with van der Waals surface area (Å²) >= 11 is 0. The van der Waals surface area contributed by atoms with E-state index in [-0.39, 0.29) is 5.82 Å². The van der Waals surface area contributed by atoms with E-state index in [1.165, 1.54) is 18.4 Å². The maximum Gasteiger partial charge on any atom is 0.126 e. The first kappa shape index (κ1) is 9.70. The lowest BCUT2D eigenvalue weighted by Crippen LogP contribution is -1.95. The molecule has 0 aliphatic heterocycles. The Morgan fingerprint density at radius 3 is 2.64 bits per heavy atom. The maximum absolute atomic E-state index is 13.6. The summed E-state index contributed by atoms with van der Waals surface area (Å²) in [7, 11) is 0. The minimum Gasteiger partial charge on any atom is -0.207 e. The molecule has 1 aromatic rings. The standard InChI is InChI=1S/C13H17F/c1-3-4-11-8-12(10-5-6-10)13(14)7-9(11)2/h7-8,10H,3-6H2,1-2H3. The molecular weight excluding hydrogens is 175 g/mol. The number of hydrogen-bond acceptors (Lipinski definition) is 0. The monoisotopic (exact) mass is 192 g/mol. The summed E-state index contributed by atoms with van der Waals surface area (Å²) < 4.78 is 13.6. The van der Waals surface area contributed by atoms with Crippen molar-refractivity contribution < 1.29 is 4.39 Å². The highest BCUT2D eigenvalue weighted by Gasteiger charge is 2.26. The van der Waals surface area contributed by atoms with E-state index in [0.717, 1.165) is 24.0 Å². The first-order valence-corrected chi connectivity index (χ1v) is 5.51. The highest BCUT2D eigenvalue weighted by atomic mass is 19.1. The van der Waals surface area contributed by atoms with Crippen molar-refractivity contribution in [2.45, 2.75) is 45.4 Å². The van der Waals surface area contributed by atoms with Crippen molar-refractivity contribution in [3.63, 3.8) is 0 Å². The molecule has 0 nitrogen and oxygen atoms in total. The van der Waals surface area contributed by atoms with Crippen molar-refractivity contribution in [2.24, 2.45) is 0 Å². The molecule has 1 aromatic carbocycles. The molecule has 2 rings (SSSR count). The Morgan fingerprint density at radius 1 is 1.36 bits per heavy atom. The quantitative estimate of drug-likeness (QED) is 0.680. The van der Waals surface area contributed by atoms with Crippen LogP contribution in [-0.4, -0.2) is 0 Å². The molecule has 0 radical (unpaired) electrons. The third-order valence-electron chi connectivity index (χ3n) is 2.99. The van der Waals surface area contributed by atoms with E-state index in [9.17, 15) is 4.39 Å². The predicted octanol–water partition coefficient (Wildman–Crippen LogP) is 3.96. The van der Waals surface area contributed by atoms with Gasteiger partial charge in [0.05, 0.1) is 0 Å². The first-order chi connectivity index (χ1) is 6.72. The molecule has 0 amide bonds. The molecule has 0 unspecified atom stereocenters. The highest BCUT2D eigenvalue weighted by Crippen LogP contribution is 2.42. The molecule has 0 heterocycles. The molecule has 76 valence electrons. The van der Waals surface area contributed by atoms with Crippen LogP contribution in [0.1, 0.15) is 48.8 Å². The number of hydrogen-bond donors (Lipinski definition) is 0. The summed E-state index contributed by atoms with van der Waals surface area (Å²) in [4.78, 5) is 0. The Morgan fingerprint density at radius 2 is 2.07 bits per heavy atom. The second-order valence-electron chi connectivity index (χ2n) is 4.32.